The fraction of sp³-hybridized carbons (Fsp3) is 0.600. The van der Waals surface area contributed by atoms with Gasteiger partial charge >= 0.3 is 0 Å². The maximum absolute atomic E-state index is 14.2. The summed E-state index contributed by atoms with van der Waals surface area (Å²) >= 11 is 5.64. The molecule has 1 aliphatic heterocycles. The molecule has 1 saturated heterocycles. The fourth-order valence-corrected chi connectivity index (χ4v) is 3.05. The van der Waals surface area contributed by atoms with Gasteiger partial charge in [-0.15, -0.1) is 11.6 Å². The van der Waals surface area contributed by atoms with Crippen LogP contribution in [0.2, 0.25) is 0 Å². The van der Waals surface area contributed by atoms with Gasteiger partial charge in [-0.25, -0.2) is 8.78 Å². The largest absolute Gasteiger partial charge is 0.364 e. The molecule has 1 aromatic rings. The van der Waals surface area contributed by atoms with Crippen LogP contribution in [0.1, 0.15) is 44.6 Å². The molecular weight excluding hydrogens is 268 g/mol. The van der Waals surface area contributed by atoms with Crippen LogP contribution < -0.4 is 4.90 Å². The Labute approximate surface area is 118 Å². The highest BCUT2D eigenvalue weighted by molar-refractivity contribution is 6.17. The lowest BCUT2D eigenvalue weighted by molar-refractivity contribution is 0.421. The van der Waals surface area contributed by atoms with Crippen LogP contribution in [0.25, 0.3) is 0 Å². The topological polar surface area (TPSA) is 3.24 Å². The first-order valence-corrected chi connectivity index (χ1v) is 7.51. The van der Waals surface area contributed by atoms with Crippen molar-refractivity contribution in [2.45, 2.75) is 50.9 Å². The average Bonchev–Trinajstić information content (AvgIpc) is 2.40. The molecule has 1 heterocycles. The molecule has 0 aromatic heterocycles. The third-order valence-corrected chi connectivity index (χ3v) is 4.08. The Hall–Kier alpha value is -0.830. The van der Waals surface area contributed by atoms with E-state index < -0.39 is 11.6 Å². The summed E-state index contributed by atoms with van der Waals surface area (Å²) in [5.41, 5.74) is 0.622. The van der Waals surface area contributed by atoms with Gasteiger partial charge in [0.25, 0.3) is 0 Å². The van der Waals surface area contributed by atoms with Crippen molar-refractivity contribution in [2.75, 3.05) is 11.4 Å². The van der Waals surface area contributed by atoms with Crippen molar-refractivity contribution >= 4 is 17.3 Å². The van der Waals surface area contributed by atoms with E-state index in [1.807, 2.05) is 4.90 Å². The van der Waals surface area contributed by atoms with Crippen LogP contribution in [0.4, 0.5) is 14.5 Å². The van der Waals surface area contributed by atoms with Gasteiger partial charge in [0.15, 0.2) is 0 Å². The lowest BCUT2D eigenvalue weighted by Crippen LogP contribution is -2.40. The third-order valence-electron chi connectivity index (χ3n) is 3.77. The molecule has 0 aliphatic carbocycles. The van der Waals surface area contributed by atoms with Gasteiger partial charge in [0.1, 0.15) is 17.3 Å². The van der Waals surface area contributed by atoms with Crippen molar-refractivity contribution in [2.24, 2.45) is 0 Å². The number of nitrogens with zero attached hydrogens (tertiary/aromatic N) is 1. The molecule has 4 heteroatoms. The highest BCUT2D eigenvalue weighted by Gasteiger charge is 2.26. The van der Waals surface area contributed by atoms with Crippen molar-refractivity contribution in [1.29, 1.82) is 0 Å². The molecule has 19 heavy (non-hydrogen) atoms. The normalized spacial score (nSPS) is 19.8. The monoisotopic (exact) mass is 287 g/mol. The maximum atomic E-state index is 14.2. The minimum absolute atomic E-state index is 0.131. The zero-order valence-corrected chi connectivity index (χ0v) is 12.0. The molecule has 0 amide bonds. The molecular formula is C15H20ClF2N. The smallest absolute Gasteiger partial charge is 0.149 e. The van der Waals surface area contributed by atoms with Crippen molar-refractivity contribution in [3.63, 3.8) is 0 Å². The molecule has 0 bridgehead atoms. The number of hydrogen-bond donors (Lipinski definition) is 0. The number of benzene rings is 1. The van der Waals surface area contributed by atoms with Gasteiger partial charge in [-0.1, -0.05) is 13.3 Å². The van der Waals surface area contributed by atoms with E-state index in [0.717, 1.165) is 38.6 Å². The summed E-state index contributed by atoms with van der Waals surface area (Å²) in [6.45, 7) is 2.84. The first-order chi connectivity index (χ1) is 9.17. The maximum Gasteiger partial charge on any atom is 0.149 e. The van der Waals surface area contributed by atoms with Gasteiger partial charge in [-0.05, 0) is 43.4 Å². The molecule has 1 aliphatic rings. The second-order valence-electron chi connectivity index (χ2n) is 5.17. The van der Waals surface area contributed by atoms with Crippen LogP contribution in [-0.4, -0.2) is 12.6 Å². The first kappa shape index (κ1) is 14.6. The number of halogens is 3. The summed E-state index contributed by atoms with van der Waals surface area (Å²) in [6, 6.07) is 2.95. The highest BCUT2D eigenvalue weighted by atomic mass is 35.5. The number of hydrogen-bond acceptors (Lipinski definition) is 1. The van der Waals surface area contributed by atoms with Gasteiger partial charge < -0.3 is 4.90 Å². The van der Waals surface area contributed by atoms with Crippen LogP contribution in [0.3, 0.4) is 0 Å². The summed E-state index contributed by atoms with van der Waals surface area (Å²) < 4.78 is 28.3. The molecule has 0 spiro atoms. The Kier molecular flexibility index (Phi) is 5.03. The zero-order chi connectivity index (χ0) is 13.8. The number of piperidine rings is 1. The van der Waals surface area contributed by atoms with Crippen LogP contribution in [0, 0.1) is 11.6 Å². The van der Waals surface area contributed by atoms with Crippen LogP contribution in [0.15, 0.2) is 12.1 Å². The summed E-state index contributed by atoms with van der Waals surface area (Å²) in [4.78, 5) is 1.91. The second kappa shape index (κ2) is 6.56. The van der Waals surface area contributed by atoms with Gasteiger partial charge in [0.2, 0.25) is 0 Å². The van der Waals surface area contributed by atoms with E-state index >= 15 is 0 Å². The molecule has 0 radical (unpaired) electrons. The number of rotatable bonds is 4. The molecule has 0 saturated carbocycles. The predicted molar refractivity (Wildman–Crippen MR) is 75.8 cm³/mol. The second-order valence-corrected chi connectivity index (χ2v) is 5.44. The Morgan fingerprint density at radius 1 is 1.26 bits per heavy atom. The number of anilines is 1. The predicted octanol–water partition coefficient (Wildman–Crippen LogP) is 4.86. The van der Waals surface area contributed by atoms with Gasteiger partial charge in [0, 0.05) is 18.5 Å². The van der Waals surface area contributed by atoms with Crippen molar-refractivity contribution in [3.05, 3.63) is 29.3 Å². The first-order valence-electron chi connectivity index (χ1n) is 6.98. The lowest BCUT2D eigenvalue weighted by Gasteiger charge is -2.38. The summed E-state index contributed by atoms with van der Waals surface area (Å²) in [5.74, 6) is -0.843. The van der Waals surface area contributed by atoms with E-state index in [0.29, 0.717) is 5.56 Å². The zero-order valence-electron chi connectivity index (χ0n) is 11.3. The molecule has 1 fully saturated rings. The SMILES string of the molecule is CCCC1CCCCN1c1c(F)cc(CCl)cc1F. The Morgan fingerprint density at radius 2 is 1.95 bits per heavy atom. The molecule has 1 nitrogen and oxygen atoms in total. The van der Waals surface area contributed by atoms with E-state index in [1.165, 1.54) is 12.1 Å². The molecule has 1 aromatic carbocycles. The summed E-state index contributed by atoms with van der Waals surface area (Å²) in [5, 5.41) is 0. The third kappa shape index (κ3) is 3.19. The van der Waals surface area contributed by atoms with E-state index in [2.05, 4.69) is 6.92 Å². The quantitative estimate of drug-likeness (QED) is 0.715. The van der Waals surface area contributed by atoms with E-state index in [-0.39, 0.29) is 17.6 Å². The molecule has 1 unspecified atom stereocenters. The highest BCUT2D eigenvalue weighted by Crippen LogP contribution is 2.32. The lowest BCUT2D eigenvalue weighted by atomic mass is 9.97. The standard InChI is InChI=1S/C15H20ClF2N/c1-2-5-12-6-3-4-7-19(12)15-13(17)8-11(10-16)9-14(15)18/h8-9,12H,2-7,10H2,1H3. The van der Waals surface area contributed by atoms with Crippen molar-refractivity contribution in [1.82, 2.24) is 0 Å². The van der Waals surface area contributed by atoms with Crippen LogP contribution >= 0.6 is 11.6 Å². The summed E-state index contributed by atoms with van der Waals surface area (Å²) in [7, 11) is 0. The average molecular weight is 288 g/mol. The Morgan fingerprint density at radius 3 is 2.53 bits per heavy atom. The molecule has 2 rings (SSSR count). The van der Waals surface area contributed by atoms with Crippen LogP contribution in [0.5, 0.6) is 0 Å². The van der Waals surface area contributed by atoms with Crippen molar-refractivity contribution in [3.8, 4) is 0 Å². The van der Waals surface area contributed by atoms with Crippen LogP contribution in [-0.2, 0) is 5.88 Å². The van der Waals surface area contributed by atoms with E-state index in [4.69, 9.17) is 11.6 Å². The van der Waals surface area contributed by atoms with Gasteiger partial charge in [0.05, 0.1) is 0 Å². The minimum atomic E-state index is -0.487. The molecule has 0 N–H and O–H groups in total. The molecule has 1 atom stereocenters. The Balaban J connectivity index is 2.33. The van der Waals surface area contributed by atoms with E-state index in [1.54, 1.807) is 0 Å². The van der Waals surface area contributed by atoms with Gasteiger partial charge in [-0.3, -0.25) is 0 Å². The Bertz CT molecular complexity index is 411. The van der Waals surface area contributed by atoms with E-state index in [9.17, 15) is 8.78 Å². The summed E-state index contributed by atoms with van der Waals surface area (Å²) in [6.07, 6.45) is 5.17. The fourth-order valence-electron chi connectivity index (χ4n) is 2.90. The van der Waals surface area contributed by atoms with Crippen molar-refractivity contribution < 1.29 is 8.78 Å². The molecule has 106 valence electrons. The minimum Gasteiger partial charge on any atom is -0.364 e. The van der Waals surface area contributed by atoms with Gasteiger partial charge in [-0.2, -0.15) is 0 Å². The number of alkyl halides is 1.